The first-order valence-corrected chi connectivity index (χ1v) is 8.65. The van der Waals surface area contributed by atoms with E-state index in [1.54, 1.807) is 0 Å². The molecule has 114 valence electrons. The molecule has 1 atom stereocenters. The number of benzene rings is 1. The van der Waals surface area contributed by atoms with Gasteiger partial charge in [-0.1, -0.05) is 45.0 Å². The minimum atomic E-state index is 0.381. The summed E-state index contributed by atoms with van der Waals surface area (Å²) < 4.78 is 0. The number of aryl methyl sites for hydroxylation is 1. The summed E-state index contributed by atoms with van der Waals surface area (Å²) in [6, 6.07) is 9.21. The first kappa shape index (κ1) is 16.2. The van der Waals surface area contributed by atoms with E-state index in [1.165, 1.54) is 16.0 Å². The van der Waals surface area contributed by atoms with Crippen LogP contribution in [0.2, 0.25) is 0 Å². The Hall–Kier alpha value is -1.19. The summed E-state index contributed by atoms with van der Waals surface area (Å²) in [6.45, 7) is 12.0. The summed E-state index contributed by atoms with van der Waals surface area (Å²) in [5, 5.41) is 4.68. The van der Waals surface area contributed by atoms with Gasteiger partial charge < -0.3 is 5.32 Å². The fourth-order valence-corrected chi connectivity index (χ4v) is 3.50. The van der Waals surface area contributed by atoms with Crippen molar-refractivity contribution >= 4 is 11.3 Å². The third-order valence-electron chi connectivity index (χ3n) is 3.75. The van der Waals surface area contributed by atoms with Crippen molar-refractivity contribution in [3.63, 3.8) is 0 Å². The molecule has 0 aliphatic heterocycles. The average Bonchev–Trinajstić information content (AvgIpc) is 2.87. The fraction of sp³-hybridized carbons (Fsp3) is 0.500. The zero-order valence-corrected chi connectivity index (χ0v) is 14.6. The number of hydrogen-bond acceptors (Lipinski definition) is 3. The standard InChI is InChI=1S/C18H26N2S/c1-6-11-19-13(4)17-14(5)20-18(21-17)16-9-7-15(8-10-16)12(2)3/h7-10,12-13,19H,6,11H2,1-5H3. The molecule has 2 aromatic rings. The van der Waals surface area contributed by atoms with Crippen molar-refractivity contribution in [2.75, 3.05) is 6.54 Å². The quantitative estimate of drug-likeness (QED) is 0.783. The topological polar surface area (TPSA) is 24.9 Å². The highest BCUT2D eigenvalue weighted by Gasteiger charge is 2.14. The largest absolute Gasteiger partial charge is 0.309 e. The van der Waals surface area contributed by atoms with E-state index in [2.05, 4.69) is 64.2 Å². The molecular weight excluding hydrogens is 276 g/mol. The van der Waals surface area contributed by atoms with Crippen LogP contribution in [0.1, 0.15) is 62.2 Å². The van der Waals surface area contributed by atoms with E-state index in [0.29, 0.717) is 12.0 Å². The van der Waals surface area contributed by atoms with Gasteiger partial charge in [-0.3, -0.25) is 0 Å². The summed E-state index contributed by atoms with van der Waals surface area (Å²) in [6.07, 6.45) is 1.16. The molecule has 0 fully saturated rings. The van der Waals surface area contributed by atoms with Crippen molar-refractivity contribution in [3.05, 3.63) is 40.4 Å². The van der Waals surface area contributed by atoms with Crippen LogP contribution in [0, 0.1) is 6.92 Å². The zero-order valence-electron chi connectivity index (χ0n) is 13.7. The van der Waals surface area contributed by atoms with Crippen molar-refractivity contribution in [2.45, 2.75) is 53.0 Å². The molecule has 3 heteroatoms. The van der Waals surface area contributed by atoms with Crippen LogP contribution >= 0.6 is 11.3 Å². The van der Waals surface area contributed by atoms with Gasteiger partial charge in [-0.2, -0.15) is 0 Å². The monoisotopic (exact) mass is 302 g/mol. The Bertz CT molecular complexity index is 569. The van der Waals surface area contributed by atoms with Gasteiger partial charge in [0.25, 0.3) is 0 Å². The van der Waals surface area contributed by atoms with Gasteiger partial charge in [0.05, 0.1) is 5.69 Å². The summed E-state index contributed by atoms with van der Waals surface area (Å²) >= 11 is 1.81. The maximum Gasteiger partial charge on any atom is 0.123 e. The number of thiazole rings is 1. The predicted octanol–water partition coefficient (Wildman–Crippen LogP) is 5.30. The highest BCUT2D eigenvalue weighted by atomic mass is 32.1. The molecule has 2 rings (SSSR count). The lowest BCUT2D eigenvalue weighted by atomic mass is 10.0. The van der Waals surface area contributed by atoms with E-state index >= 15 is 0 Å². The zero-order chi connectivity index (χ0) is 15.4. The Morgan fingerprint density at radius 3 is 2.38 bits per heavy atom. The van der Waals surface area contributed by atoms with Gasteiger partial charge in [0.15, 0.2) is 0 Å². The molecule has 0 bridgehead atoms. The Morgan fingerprint density at radius 1 is 1.14 bits per heavy atom. The van der Waals surface area contributed by atoms with Crippen LogP contribution in [0.5, 0.6) is 0 Å². The molecule has 0 spiro atoms. The van der Waals surface area contributed by atoms with Crippen molar-refractivity contribution in [1.82, 2.24) is 10.3 Å². The summed E-state index contributed by atoms with van der Waals surface area (Å²) in [7, 11) is 0. The molecule has 2 nitrogen and oxygen atoms in total. The Morgan fingerprint density at radius 2 is 1.81 bits per heavy atom. The van der Waals surface area contributed by atoms with Crippen molar-refractivity contribution in [2.24, 2.45) is 0 Å². The van der Waals surface area contributed by atoms with Gasteiger partial charge in [-0.15, -0.1) is 11.3 Å². The van der Waals surface area contributed by atoms with Gasteiger partial charge in [-0.05, 0) is 38.3 Å². The van der Waals surface area contributed by atoms with Gasteiger partial charge in [0.2, 0.25) is 0 Å². The summed E-state index contributed by atoms with van der Waals surface area (Å²) in [4.78, 5) is 6.12. The Kier molecular flexibility index (Phi) is 5.54. The second-order valence-corrected chi connectivity index (χ2v) is 6.95. The van der Waals surface area contributed by atoms with Gasteiger partial charge in [0, 0.05) is 16.5 Å². The molecule has 0 aliphatic rings. The third kappa shape index (κ3) is 3.92. The number of nitrogens with zero attached hydrogens (tertiary/aromatic N) is 1. The molecular formula is C18H26N2S. The molecule has 0 saturated heterocycles. The van der Waals surface area contributed by atoms with Crippen LogP contribution in [-0.2, 0) is 0 Å². The van der Waals surface area contributed by atoms with E-state index in [4.69, 9.17) is 4.98 Å². The highest BCUT2D eigenvalue weighted by Crippen LogP contribution is 2.32. The third-order valence-corrected chi connectivity index (χ3v) is 5.14. The van der Waals surface area contributed by atoms with E-state index in [9.17, 15) is 0 Å². The minimum Gasteiger partial charge on any atom is -0.309 e. The SMILES string of the molecule is CCCNC(C)c1sc(-c2ccc(C(C)C)cc2)nc1C. The minimum absolute atomic E-state index is 0.381. The van der Waals surface area contributed by atoms with Crippen molar-refractivity contribution in [1.29, 1.82) is 0 Å². The first-order chi connectivity index (χ1) is 10.0. The molecule has 0 amide bonds. The van der Waals surface area contributed by atoms with E-state index in [1.807, 2.05) is 11.3 Å². The molecule has 0 aliphatic carbocycles. The molecule has 0 saturated carbocycles. The van der Waals surface area contributed by atoms with Crippen LogP contribution in [0.3, 0.4) is 0 Å². The van der Waals surface area contributed by atoms with Crippen LogP contribution in [-0.4, -0.2) is 11.5 Å². The van der Waals surface area contributed by atoms with Crippen LogP contribution < -0.4 is 5.32 Å². The number of nitrogens with one attached hydrogen (secondary N) is 1. The predicted molar refractivity (Wildman–Crippen MR) is 93.1 cm³/mol. The molecule has 1 aromatic carbocycles. The number of rotatable bonds is 6. The normalized spacial score (nSPS) is 12.9. The maximum absolute atomic E-state index is 4.76. The Balaban J connectivity index is 2.21. The molecule has 1 unspecified atom stereocenters. The van der Waals surface area contributed by atoms with Gasteiger partial charge >= 0.3 is 0 Å². The fourth-order valence-electron chi connectivity index (χ4n) is 2.40. The number of aromatic nitrogens is 1. The maximum atomic E-state index is 4.76. The lowest BCUT2D eigenvalue weighted by molar-refractivity contribution is 0.575. The smallest absolute Gasteiger partial charge is 0.123 e. The van der Waals surface area contributed by atoms with Crippen LogP contribution in [0.25, 0.3) is 10.6 Å². The van der Waals surface area contributed by atoms with E-state index < -0.39 is 0 Å². The molecule has 1 heterocycles. The second kappa shape index (κ2) is 7.19. The van der Waals surface area contributed by atoms with Crippen molar-refractivity contribution < 1.29 is 0 Å². The molecule has 0 radical (unpaired) electrons. The molecule has 21 heavy (non-hydrogen) atoms. The van der Waals surface area contributed by atoms with E-state index in [-0.39, 0.29) is 0 Å². The van der Waals surface area contributed by atoms with Crippen LogP contribution in [0.15, 0.2) is 24.3 Å². The second-order valence-electron chi connectivity index (χ2n) is 5.92. The molecule has 1 N–H and O–H groups in total. The lowest BCUT2D eigenvalue weighted by Gasteiger charge is -2.11. The molecule has 1 aromatic heterocycles. The Labute approximate surface area is 132 Å². The summed E-state index contributed by atoms with van der Waals surface area (Å²) in [5.41, 5.74) is 3.76. The van der Waals surface area contributed by atoms with Crippen molar-refractivity contribution in [3.8, 4) is 10.6 Å². The first-order valence-electron chi connectivity index (χ1n) is 7.84. The highest BCUT2D eigenvalue weighted by molar-refractivity contribution is 7.15. The average molecular weight is 302 g/mol. The van der Waals surface area contributed by atoms with Gasteiger partial charge in [-0.25, -0.2) is 4.98 Å². The summed E-state index contributed by atoms with van der Waals surface area (Å²) in [5.74, 6) is 0.575. The lowest BCUT2D eigenvalue weighted by Crippen LogP contribution is -2.18. The van der Waals surface area contributed by atoms with Gasteiger partial charge in [0.1, 0.15) is 5.01 Å². The van der Waals surface area contributed by atoms with E-state index in [0.717, 1.165) is 23.7 Å². The number of hydrogen-bond donors (Lipinski definition) is 1. The van der Waals surface area contributed by atoms with Crippen LogP contribution in [0.4, 0.5) is 0 Å².